The Balaban J connectivity index is 2.49. The van der Waals surface area contributed by atoms with Crippen molar-refractivity contribution in [3.05, 3.63) is 39.2 Å². The molecule has 0 saturated heterocycles. The fourth-order valence-electron chi connectivity index (χ4n) is 1.59. The summed E-state index contributed by atoms with van der Waals surface area (Å²) in [5.41, 5.74) is 1.06. The van der Waals surface area contributed by atoms with Crippen molar-refractivity contribution in [1.82, 2.24) is 4.81 Å². The second-order valence-corrected chi connectivity index (χ2v) is 4.79. The van der Waals surface area contributed by atoms with E-state index in [9.17, 15) is 10.3 Å². The summed E-state index contributed by atoms with van der Waals surface area (Å²) in [7, 11) is 0. The number of quaternary nitrogens is 1. The molecule has 1 aromatic rings. The van der Waals surface area contributed by atoms with E-state index in [1.807, 2.05) is 6.92 Å². The van der Waals surface area contributed by atoms with E-state index in [1.54, 1.807) is 6.92 Å². The van der Waals surface area contributed by atoms with Crippen molar-refractivity contribution in [2.24, 2.45) is 0 Å². The molecule has 4 nitrogen and oxygen atoms in total. The summed E-state index contributed by atoms with van der Waals surface area (Å²) in [6.07, 6.45) is 1.17. The number of hydroxylamine groups is 2. The number of aromatic hydroxyl groups is 1. The molecular weight excluding hydrogens is 265 g/mol. The maximum absolute atomic E-state index is 12.4. The zero-order chi connectivity index (χ0) is 12.8. The minimum atomic E-state index is -1.08. The van der Waals surface area contributed by atoms with E-state index >= 15 is 0 Å². The summed E-state index contributed by atoms with van der Waals surface area (Å²) in [6, 6.07) is 2.69. The lowest BCUT2D eigenvalue weighted by Crippen LogP contribution is -2.35. The van der Waals surface area contributed by atoms with Gasteiger partial charge in [-0.3, -0.25) is 0 Å². The highest BCUT2D eigenvalue weighted by Gasteiger charge is 2.33. The van der Waals surface area contributed by atoms with Gasteiger partial charge in [0.2, 0.25) is 0 Å². The molecule has 2 rings (SSSR count). The Morgan fingerprint density at radius 1 is 1.35 bits per heavy atom. The average Bonchev–Trinajstić information content (AvgIpc) is 2.50. The van der Waals surface area contributed by atoms with Gasteiger partial charge in [0.1, 0.15) is 12.3 Å². The van der Waals surface area contributed by atoms with Crippen molar-refractivity contribution in [1.29, 1.82) is 0 Å². The summed E-state index contributed by atoms with van der Waals surface area (Å²) < 4.78 is 0. The molecular formula is C11H11Cl2NO3. The Morgan fingerprint density at radius 2 is 1.88 bits per heavy atom. The van der Waals surface area contributed by atoms with Gasteiger partial charge in [-0.15, -0.1) is 0 Å². The Hall–Kier alpha value is -0.780. The molecule has 0 aromatic heterocycles. The second kappa shape index (κ2) is 4.15. The minimum absolute atomic E-state index is 0.0232. The lowest BCUT2D eigenvalue weighted by atomic mass is 10.2. The number of halogens is 2. The van der Waals surface area contributed by atoms with Crippen LogP contribution in [0.2, 0.25) is 10.0 Å². The maximum Gasteiger partial charge on any atom is 0.173 e. The molecule has 1 aliphatic heterocycles. The second-order valence-electron chi connectivity index (χ2n) is 3.98. The first-order chi connectivity index (χ1) is 7.83. The van der Waals surface area contributed by atoms with E-state index < -0.39 is 4.81 Å². The number of phenols is 1. The molecule has 2 atom stereocenters. The number of rotatable bonds is 1. The predicted molar refractivity (Wildman–Crippen MR) is 67.6 cm³/mol. The van der Waals surface area contributed by atoms with Gasteiger partial charge in [-0.05, 0) is 13.8 Å². The predicted octanol–water partition coefficient (Wildman–Crippen LogP) is 3.74. The van der Waals surface area contributed by atoms with Gasteiger partial charge in [0.05, 0.1) is 10.0 Å². The minimum Gasteiger partial charge on any atom is -0.588 e. The fourth-order valence-corrected chi connectivity index (χ4v) is 2.06. The highest BCUT2D eigenvalue weighted by molar-refractivity contribution is 6.37. The molecule has 1 heterocycles. The largest absolute Gasteiger partial charge is 0.588 e. The molecule has 0 aliphatic carbocycles. The van der Waals surface area contributed by atoms with Crippen molar-refractivity contribution in [3.63, 3.8) is 0 Å². The summed E-state index contributed by atoms with van der Waals surface area (Å²) in [5, 5.41) is 21.9. The van der Waals surface area contributed by atoms with E-state index in [-0.39, 0.29) is 27.6 Å². The Labute approximate surface area is 109 Å². The van der Waals surface area contributed by atoms with Crippen molar-refractivity contribution >= 4 is 28.9 Å². The van der Waals surface area contributed by atoms with Gasteiger partial charge in [0.15, 0.2) is 11.4 Å². The number of hydrogen-bond acceptors (Lipinski definition) is 3. The molecule has 0 fully saturated rings. The summed E-state index contributed by atoms with van der Waals surface area (Å²) in [4.78, 5) is 4.21. The Morgan fingerprint density at radius 3 is 2.29 bits per heavy atom. The van der Waals surface area contributed by atoms with E-state index in [0.29, 0.717) is 0 Å². The van der Waals surface area contributed by atoms with Crippen molar-refractivity contribution < 1.29 is 9.94 Å². The Kier molecular flexibility index (Phi) is 3.10. The molecule has 1 aromatic carbocycles. The topological polar surface area (TPSA) is 52.5 Å². The molecule has 0 saturated carbocycles. The molecule has 92 valence electrons. The zero-order valence-electron chi connectivity index (χ0n) is 9.28. The SMILES string of the molecule is CC1=C[N+]([O-])(c2cc(Cl)c(O)c(Cl)c2)OC1C. The van der Waals surface area contributed by atoms with Crippen LogP contribution in [0.25, 0.3) is 0 Å². The average molecular weight is 276 g/mol. The molecule has 17 heavy (non-hydrogen) atoms. The summed E-state index contributed by atoms with van der Waals surface area (Å²) in [6.45, 7) is 3.60. The van der Waals surface area contributed by atoms with Gasteiger partial charge >= 0.3 is 0 Å². The number of benzene rings is 1. The molecule has 1 aliphatic rings. The third-order valence-corrected chi connectivity index (χ3v) is 3.27. The van der Waals surface area contributed by atoms with Gasteiger partial charge in [-0.25, -0.2) is 0 Å². The molecule has 1 N–H and O–H groups in total. The van der Waals surface area contributed by atoms with Crippen LogP contribution in [-0.2, 0) is 4.84 Å². The van der Waals surface area contributed by atoms with Crippen LogP contribution in [0.3, 0.4) is 0 Å². The van der Waals surface area contributed by atoms with Crippen LogP contribution in [0.15, 0.2) is 23.9 Å². The monoisotopic (exact) mass is 275 g/mol. The number of nitrogens with zero attached hydrogens (tertiary/aromatic N) is 1. The van der Waals surface area contributed by atoms with E-state index in [0.717, 1.165) is 5.57 Å². The van der Waals surface area contributed by atoms with Crippen LogP contribution in [-0.4, -0.2) is 11.2 Å². The standard InChI is InChI=1S/C11H11Cl2NO3/c1-6-5-14(16,17-7(6)2)8-3-9(12)11(15)10(13)4-8/h3-5,7,15H,1-2H3. The first kappa shape index (κ1) is 12.7. The smallest absolute Gasteiger partial charge is 0.173 e. The third kappa shape index (κ3) is 2.14. The van der Waals surface area contributed by atoms with Crippen LogP contribution in [0.5, 0.6) is 5.75 Å². The molecule has 0 amide bonds. The first-order valence-corrected chi connectivity index (χ1v) is 5.75. The van der Waals surface area contributed by atoms with Gasteiger partial charge in [0, 0.05) is 17.7 Å². The van der Waals surface area contributed by atoms with Crippen LogP contribution in [0.4, 0.5) is 5.69 Å². The normalized spacial score (nSPS) is 28.3. The highest BCUT2D eigenvalue weighted by atomic mass is 35.5. The molecule has 0 bridgehead atoms. The quantitative estimate of drug-likeness (QED) is 0.628. The van der Waals surface area contributed by atoms with Crippen LogP contribution >= 0.6 is 23.2 Å². The molecule has 6 heteroatoms. The fraction of sp³-hybridized carbons (Fsp3) is 0.273. The van der Waals surface area contributed by atoms with Crippen molar-refractivity contribution in [2.45, 2.75) is 20.0 Å². The number of phenolic OH excluding ortho intramolecular Hbond substituents is 1. The highest BCUT2D eigenvalue weighted by Crippen LogP contribution is 2.40. The van der Waals surface area contributed by atoms with Crippen LogP contribution in [0.1, 0.15) is 13.8 Å². The first-order valence-electron chi connectivity index (χ1n) is 4.99. The summed E-state index contributed by atoms with van der Waals surface area (Å²) in [5.74, 6) is -0.239. The van der Waals surface area contributed by atoms with E-state index in [1.165, 1.54) is 18.3 Å². The lowest BCUT2D eigenvalue weighted by molar-refractivity contribution is -0.0796. The van der Waals surface area contributed by atoms with E-state index in [4.69, 9.17) is 28.0 Å². The number of hydrogen-bond donors (Lipinski definition) is 1. The molecule has 0 spiro atoms. The third-order valence-electron chi connectivity index (χ3n) is 2.69. The molecule has 0 radical (unpaired) electrons. The maximum atomic E-state index is 12.4. The lowest BCUT2D eigenvalue weighted by Gasteiger charge is -2.32. The van der Waals surface area contributed by atoms with Gasteiger partial charge in [-0.1, -0.05) is 23.2 Å². The van der Waals surface area contributed by atoms with Crippen molar-refractivity contribution in [3.8, 4) is 5.75 Å². The zero-order valence-corrected chi connectivity index (χ0v) is 10.8. The van der Waals surface area contributed by atoms with Crippen LogP contribution < -0.4 is 4.81 Å². The van der Waals surface area contributed by atoms with E-state index in [2.05, 4.69) is 0 Å². The van der Waals surface area contributed by atoms with Gasteiger partial charge in [0.25, 0.3) is 0 Å². The van der Waals surface area contributed by atoms with Crippen molar-refractivity contribution in [2.75, 3.05) is 0 Å². The molecule has 2 unspecified atom stereocenters. The van der Waals surface area contributed by atoms with Gasteiger partial charge in [-0.2, -0.15) is 9.65 Å². The summed E-state index contributed by atoms with van der Waals surface area (Å²) >= 11 is 11.5. The van der Waals surface area contributed by atoms with Gasteiger partial charge < -0.3 is 10.3 Å². The Bertz CT molecular complexity index is 480. The van der Waals surface area contributed by atoms with Crippen LogP contribution in [0, 0.1) is 5.21 Å².